The molecule has 0 aliphatic carbocycles. The molecule has 0 bridgehead atoms. The molecular weight excluding hydrogens is 434 g/mol. The van der Waals surface area contributed by atoms with Crippen LogP contribution in [0.1, 0.15) is 53.1 Å². The van der Waals surface area contributed by atoms with Crippen LogP contribution in [0.4, 0.5) is 0 Å². The Balaban J connectivity index is 2.29. The second-order valence-corrected chi connectivity index (χ2v) is 6.99. The van der Waals surface area contributed by atoms with Gasteiger partial charge in [-0.1, -0.05) is 31.9 Å². The van der Waals surface area contributed by atoms with Crippen LogP contribution in [0.25, 0.3) is 0 Å². The lowest BCUT2D eigenvalue weighted by Gasteiger charge is -2.21. The molecule has 1 aromatic rings. The van der Waals surface area contributed by atoms with Gasteiger partial charge in [-0.05, 0) is 20.8 Å². The van der Waals surface area contributed by atoms with Gasteiger partial charge < -0.3 is 4.74 Å². The molecule has 2 rings (SSSR count). The minimum atomic E-state index is -0.696. The van der Waals surface area contributed by atoms with Crippen molar-refractivity contribution in [1.82, 2.24) is 14.9 Å². The maximum absolute atomic E-state index is 12.3. The molecule has 0 fully saturated rings. The smallest absolute Gasteiger partial charge is 0.326 e. The van der Waals surface area contributed by atoms with Gasteiger partial charge in [0.1, 0.15) is 12.1 Å². The number of fused-ring (bicyclic) bond motifs is 1. The molecule has 2 heterocycles. The van der Waals surface area contributed by atoms with Crippen molar-refractivity contribution >= 4 is 49.6 Å². The normalized spacial score (nSPS) is 14.2. The van der Waals surface area contributed by atoms with Crippen LogP contribution in [0.15, 0.2) is 0 Å². The Kier molecular flexibility index (Phi) is 5.20. The Morgan fingerprint density at radius 3 is 1.83 bits per heavy atom. The summed E-state index contributed by atoms with van der Waals surface area (Å²) in [7, 11) is 0. The van der Waals surface area contributed by atoms with Gasteiger partial charge in [-0.2, -0.15) is 0 Å². The van der Waals surface area contributed by atoms with Crippen LogP contribution < -0.4 is 0 Å². The summed E-state index contributed by atoms with van der Waals surface area (Å²) in [4.78, 5) is 45.8. The number of alkyl halides is 2. The number of hydrogen-bond acceptors (Lipinski definition) is 6. The first-order chi connectivity index (χ1) is 10.7. The van der Waals surface area contributed by atoms with Gasteiger partial charge in [0, 0.05) is 10.7 Å². The van der Waals surface area contributed by atoms with Gasteiger partial charge in [-0.15, -0.1) is 0 Å². The average molecular weight is 449 g/mol. The Morgan fingerprint density at radius 2 is 1.48 bits per heavy atom. The van der Waals surface area contributed by atoms with Crippen molar-refractivity contribution in [3.8, 4) is 0 Å². The van der Waals surface area contributed by atoms with Gasteiger partial charge in [0.25, 0.3) is 11.8 Å². The number of carbonyl (C=O) groups is 3. The second kappa shape index (κ2) is 6.64. The zero-order valence-corrected chi connectivity index (χ0v) is 16.0. The Labute approximate surface area is 150 Å². The molecule has 0 N–H and O–H groups in total. The third-order valence-corrected chi connectivity index (χ3v) is 3.97. The summed E-state index contributed by atoms with van der Waals surface area (Å²) >= 11 is 6.55. The predicted molar refractivity (Wildman–Crippen MR) is 88.5 cm³/mol. The van der Waals surface area contributed by atoms with Crippen LogP contribution in [-0.2, 0) is 20.2 Å². The number of aromatic nitrogens is 2. The van der Waals surface area contributed by atoms with Gasteiger partial charge in [-0.25, -0.2) is 9.97 Å². The van der Waals surface area contributed by atoms with Crippen LogP contribution >= 0.6 is 31.9 Å². The summed E-state index contributed by atoms with van der Waals surface area (Å²) in [6.45, 7) is 4.67. The van der Waals surface area contributed by atoms with E-state index >= 15 is 0 Å². The van der Waals surface area contributed by atoms with Crippen molar-refractivity contribution in [3.05, 3.63) is 22.8 Å². The third kappa shape index (κ3) is 3.77. The van der Waals surface area contributed by atoms with Gasteiger partial charge >= 0.3 is 5.97 Å². The molecule has 0 atom stereocenters. The van der Waals surface area contributed by atoms with Crippen molar-refractivity contribution in [2.75, 3.05) is 6.54 Å². The van der Waals surface area contributed by atoms with E-state index in [4.69, 9.17) is 4.74 Å². The Bertz CT molecular complexity index is 642. The first-order valence-electron chi connectivity index (χ1n) is 6.77. The minimum Gasteiger partial charge on any atom is -0.459 e. The predicted octanol–water partition coefficient (Wildman–Crippen LogP) is 2.20. The van der Waals surface area contributed by atoms with Crippen molar-refractivity contribution < 1.29 is 19.1 Å². The number of hydrogen-bond donors (Lipinski definition) is 0. The number of esters is 1. The lowest BCUT2D eigenvalue weighted by molar-refractivity contribution is -0.155. The first-order valence-corrected chi connectivity index (χ1v) is 9.02. The lowest BCUT2D eigenvalue weighted by Crippen LogP contribution is -2.38. The summed E-state index contributed by atoms with van der Waals surface area (Å²) in [5.74, 6) is -1.92. The van der Waals surface area contributed by atoms with Gasteiger partial charge in [0.05, 0.1) is 11.4 Å². The van der Waals surface area contributed by atoms with E-state index in [1.165, 1.54) is 0 Å². The summed E-state index contributed by atoms with van der Waals surface area (Å²) in [6, 6.07) is 0. The molecule has 1 aliphatic heterocycles. The third-order valence-electron chi connectivity index (χ3n) is 2.91. The molecule has 0 unspecified atom stereocenters. The van der Waals surface area contributed by atoms with E-state index in [0.29, 0.717) is 22.0 Å². The molecule has 0 saturated carbocycles. The number of nitrogens with zero attached hydrogens (tertiary/aromatic N) is 3. The number of amides is 2. The first kappa shape index (κ1) is 18.0. The molecule has 2 amide bonds. The topological polar surface area (TPSA) is 89.5 Å². The fraction of sp³-hybridized carbons (Fsp3) is 0.500. The summed E-state index contributed by atoms with van der Waals surface area (Å²) < 4.78 is 5.14. The molecule has 0 aromatic carbocycles. The molecule has 0 saturated heterocycles. The van der Waals surface area contributed by atoms with Crippen molar-refractivity contribution in [3.63, 3.8) is 0 Å². The summed E-state index contributed by atoms with van der Waals surface area (Å²) in [5.41, 5.74) is 0.385. The van der Waals surface area contributed by atoms with E-state index in [-0.39, 0.29) is 11.4 Å². The Hall–Kier alpha value is -1.35. The molecule has 7 nitrogen and oxygen atoms in total. The molecule has 9 heteroatoms. The van der Waals surface area contributed by atoms with E-state index < -0.39 is 29.9 Å². The highest BCUT2D eigenvalue weighted by atomic mass is 79.9. The van der Waals surface area contributed by atoms with Crippen LogP contribution in [0.2, 0.25) is 0 Å². The Morgan fingerprint density at radius 1 is 1.04 bits per heavy atom. The van der Waals surface area contributed by atoms with E-state index in [9.17, 15) is 14.4 Å². The fourth-order valence-electron chi connectivity index (χ4n) is 2.01. The van der Waals surface area contributed by atoms with Gasteiger partial charge in [-0.3, -0.25) is 19.3 Å². The molecule has 1 aliphatic rings. The number of rotatable bonds is 4. The van der Waals surface area contributed by atoms with Crippen LogP contribution in [0, 0.1) is 0 Å². The van der Waals surface area contributed by atoms with Crippen molar-refractivity contribution in [2.45, 2.75) is 37.0 Å². The molecule has 23 heavy (non-hydrogen) atoms. The highest BCUT2D eigenvalue weighted by Gasteiger charge is 2.41. The van der Waals surface area contributed by atoms with E-state index in [2.05, 4.69) is 41.8 Å². The zero-order chi connectivity index (χ0) is 17.4. The van der Waals surface area contributed by atoms with Crippen LogP contribution in [0.3, 0.4) is 0 Å². The zero-order valence-electron chi connectivity index (χ0n) is 12.9. The second-order valence-electron chi connectivity index (χ2n) is 5.86. The molecule has 0 spiro atoms. The monoisotopic (exact) mass is 447 g/mol. The fourth-order valence-corrected chi connectivity index (χ4v) is 2.91. The number of ether oxygens (including phenoxy) is 1. The average Bonchev–Trinajstić information content (AvgIpc) is 2.68. The minimum absolute atomic E-state index is 0.0299. The van der Waals surface area contributed by atoms with Crippen molar-refractivity contribution in [2.24, 2.45) is 0 Å². The SMILES string of the molecule is CC(C)(C)OC(=O)CN1C(=O)c2nc(CBr)c(CBr)nc2C1=O. The van der Waals surface area contributed by atoms with Gasteiger partial charge in [0.15, 0.2) is 11.4 Å². The van der Waals surface area contributed by atoms with E-state index in [1.54, 1.807) is 20.8 Å². The highest BCUT2D eigenvalue weighted by Crippen LogP contribution is 2.23. The maximum atomic E-state index is 12.3. The number of halogens is 2. The molecule has 0 radical (unpaired) electrons. The molecule has 124 valence electrons. The van der Waals surface area contributed by atoms with E-state index in [1.807, 2.05) is 0 Å². The van der Waals surface area contributed by atoms with Crippen LogP contribution in [-0.4, -0.2) is 44.8 Å². The number of imide groups is 1. The standard InChI is InChI=1S/C14H15Br2N3O4/c1-14(2,3)23-9(20)6-19-12(21)10-11(13(19)22)18-8(5-16)7(4-15)17-10/h4-6H2,1-3H3. The van der Waals surface area contributed by atoms with E-state index in [0.717, 1.165) is 4.90 Å². The van der Waals surface area contributed by atoms with Crippen molar-refractivity contribution in [1.29, 1.82) is 0 Å². The summed E-state index contributed by atoms with van der Waals surface area (Å²) in [5, 5.41) is 0.809. The summed E-state index contributed by atoms with van der Waals surface area (Å²) in [6.07, 6.45) is 0. The largest absolute Gasteiger partial charge is 0.459 e. The maximum Gasteiger partial charge on any atom is 0.326 e. The molecule has 1 aromatic heterocycles. The van der Waals surface area contributed by atoms with Crippen LogP contribution in [0.5, 0.6) is 0 Å². The molecular formula is C14H15Br2N3O4. The quantitative estimate of drug-likeness (QED) is 0.398. The lowest BCUT2D eigenvalue weighted by atomic mass is 10.2. The number of carbonyl (C=O) groups excluding carboxylic acids is 3. The van der Waals surface area contributed by atoms with Gasteiger partial charge in [0.2, 0.25) is 0 Å². The highest BCUT2D eigenvalue weighted by molar-refractivity contribution is 9.09.